The molecule has 0 aliphatic heterocycles. The van der Waals surface area contributed by atoms with Crippen molar-refractivity contribution in [3.8, 4) is 0 Å². The first-order valence-electron chi connectivity index (χ1n) is 6.04. The number of rotatable bonds is 4. The number of sulfonamides is 1. The summed E-state index contributed by atoms with van der Waals surface area (Å²) in [7, 11) is -3.48. The van der Waals surface area contributed by atoms with Crippen LogP contribution in [0, 0.1) is 5.92 Å². The number of hydrogen-bond donors (Lipinski definition) is 2. The number of benzene rings is 1. The van der Waals surface area contributed by atoms with Crippen molar-refractivity contribution in [2.45, 2.75) is 30.6 Å². The Kier molecular flexibility index (Phi) is 4.14. The Hall–Kier alpha value is -0.780. The maximum Gasteiger partial charge on any atom is 0.240 e. The summed E-state index contributed by atoms with van der Waals surface area (Å²) in [5.74, 6) is 0.462. The molecule has 0 aromatic heterocycles. The van der Waals surface area contributed by atoms with E-state index >= 15 is 0 Å². The van der Waals surface area contributed by atoms with Crippen LogP contribution >= 0.6 is 11.6 Å². The van der Waals surface area contributed by atoms with Gasteiger partial charge < -0.3 is 5.73 Å². The molecule has 1 aromatic rings. The van der Waals surface area contributed by atoms with Crippen molar-refractivity contribution < 1.29 is 8.42 Å². The number of nitrogens with one attached hydrogen (secondary N) is 1. The van der Waals surface area contributed by atoms with Crippen LogP contribution in [0.5, 0.6) is 0 Å². The second kappa shape index (κ2) is 5.47. The summed E-state index contributed by atoms with van der Waals surface area (Å²) in [6, 6.07) is 4.36. The highest BCUT2D eigenvalue weighted by Gasteiger charge is 2.20. The van der Waals surface area contributed by atoms with Crippen LogP contribution in [0.1, 0.15) is 25.7 Å². The smallest absolute Gasteiger partial charge is 0.240 e. The van der Waals surface area contributed by atoms with Gasteiger partial charge in [-0.1, -0.05) is 24.4 Å². The van der Waals surface area contributed by atoms with Crippen molar-refractivity contribution in [3.63, 3.8) is 0 Å². The average Bonchev–Trinajstić information content (AvgIpc) is 2.83. The highest BCUT2D eigenvalue weighted by Crippen LogP contribution is 2.25. The third-order valence-electron chi connectivity index (χ3n) is 3.32. The lowest BCUT2D eigenvalue weighted by Gasteiger charge is -2.11. The minimum atomic E-state index is -3.48. The molecular weight excluding hydrogens is 272 g/mol. The van der Waals surface area contributed by atoms with Crippen molar-refractivity contribution in [3.05, 3.63) is 23.2 Å². The predicted molar refractivity (Wildman–Crippen MR) is 73.0 cm³/mol. The molecular formula is C12H17ClN2O2S. The molecule has 100 valence electrons. The number of nitrogens with two attached hydrogens (primary N) is 1. The molecule has 2 rings (SSSR count). The molecule has 0 saturated heterocycles. The molecule has 0 amide bonds. The monoisotopic (exact) mass is 288 g/mol. The van der Waals surface area contributed by atoms with E-state index in [1.54, 1.807) is 0 Å². The molecule has 0 spiro atoms. The molecule has 0 heterocycles. The fourth-order valence-electron chi connectivity index (χ4n) is 2.20. The van der Waals surface area contributed by atoms with E-state index in [1.807, 2.05) is 0 Å². The highest BCUT2D eigenvalue weighted by molar-refractivity contribution is 7.89. The maximum absolute atomic E-state index is 12.0. The van der Waals surface area contributed by atoms with Crippen LogP contribution < -0.4 is 10.5 Å². The van der Waals surface area contributed by atoms with Gasteiger partial charge in [-0.15, -0.1) is 0 Å². The van der Waals surface area contributed by atoms with E-state index in [0.29, 0.717) is 18.2 Å². The lowest BCUT2D eigenvalue weighted by molar-refractivity contribution is 0.519. The summed E-state index contributed by atoms with van der Waals surface area (Å²) in [4.78, 5) is 0.166. The van der Waals surface area contributed by atoms with Crippen LogP contribution in [0.15, 0.2) is 23.1 Å². The highest BCUT2D eigenvalue weighted by atomic mass is 35.5. The molecule has 1 aromatic carbocycles. The second-order valence-electron chi connectivity index (χ2n) is 4.69. The van der Waals surface area contributed by atoms with Crippen molar-refractivity contribution >= 4 is 27.3 Å². The number of hydrogen-bond acceptors (Lipinski definition) is 3. The Bertz CT molecular complexity index is 525. The maximum atomic E-state index is 12.0. The van der Waals surface area contributed by atoms with Crippen LogP contribution in [0.25, 0.3) is 0 Å². The van der Waals surface area contributed by atoms with E-state index in [1.165, 1.54) is 31.0 Å². The standard InChI is InChI=1S/C12H17ClN2O2S/c13-11-7-10(5-6-12(11)14)18(16,17)15-8-9-3-1-2-4-9/h5-7,9,15H,1-4,8,14H2. The third-order valence-corrected chi connectivity index (χ3v) is 5.07. The first-order chi connectivity index (χ1) is 8.49. The molecule has 1 saturated carbocycles. The Morgan fingerprint density at radius 1 is 1.33 bits per heavy atom. The van der Waals surface area contributed by atoms with Crippen LogP contribution in [0.3, 0.4) is 0 Å². The minimum Gasteiger partial charge on any atom is -0.398 e. The molecule has 3 N–H and O–H groups in total. The van der Waals surface area contributed by atoms with Gasteiger partial charge in [-0.25, -0.2) is 13.1 Å². The van der Waals surface area contributed by atoms with Gasteiger partial charge in [-0.05, 0) is 37.0 Å². The van der Waals surface area contributed by atoms with Crippen molar-refractivity contribution in [1.29, 1.82) is 0 Å². The topological polar surface area (TPSA) is 72.2 Å². The van der Waals surface area contributed by atoms with Gasteiger partial charge in [-0.2, -0.15) is 0 Å². The van der Waals surface area contributed by atoms with Crippen molar-refractivity contribution in [1.82, 2.24) is 4.72 Å². The molecule has 0 radical (unpaired) electrons. The lowest BCUT2D eigenvalue weighted by atomic mass is 10.1. The van der Waals surface area contributed by atoms with Gasteiger partial charge >= 0.3 is 0 Å². The lowest BCUT2D eigenvalue weighted by Crippen LogP contribution is -2.28. The zero-order valence-electron chi connectivity index (χ0n) is 10.0. The zero-order chi connectivity index (χ0) is 13.2. The zero-order valence-corrected chi connectivity index (χ0v) is 11.6. The normalized spacial score (nSPS) is 17.2. The molecule has 0 unspecified atom stereocenters. The molecule has 1 fully saturated rings. The molecule has 1 aliphatic carbocycles. The van der Waals surface area contributed by atoms with Gasteiger partial charge in [0.1, 0.15) is 0 Å². The first-order valence-corrected chi connectivity index (χ1v) is 7.90. The Balaban J connectivity index is 2.07. The molecule has 18 heavy (non-hydrogen) atoms. The first kappa shape index (κ1) is 13.6. The summed E-state index contributed by atoms with van der Waals surface area (Å²) >= 11 is 5.83. The second-order valence-corrected chi connectivity index (χ2v) is 6.86. The fourth-order valence-corrected chi connectivity index (χ4v) is 3.59. The summed E-state index contributed by atoms with van der Waals surface area (Å²) < 4.78 is 26.7. The molecule has 0 atom stereocenters. The quantitative estimate of drug-likeness (QED) is 0.836. The third kappa shape index (κ3) is 3.16. The van der Waals surface area contributed by atoms with Gasteiger partial charge in [0.2, 0.25) is 10.0 Å². The number of halogens is 1. The Labute approximate surface area is 113 Å². The summed E-state index contributed by atoms with van der Waals surface area (Å²) in [5, 5.41) is 0.263. The van der Waals surface area contributed by atoms with Crippen molar-refractivity contribution in [2.75, 3.05) is 12.3 Å². The van der Waals surface area contributed by atoms with Gasteiger partial charge in [0.05, 0.1) is 15.6 Å². The van der Waals surface area contributed by atoms with E-state index in [4.69, 9.17) is 17.3 Å². The molecule has 6 heteroatoms. The number of anilines is 1. The summed E-state index contributed by atoms with van der Waals surface area (Å²) in [6.45, 7) is 0.504. The van der Waals surface area contributed by atoms with Crippen LogP contribution in [0.2, 0.25) is 5.02 Å². The van der Waals surface area contributed by atoms with Gasteiger partial charge in [0.15, 0.2) is 0 Å². The van der Waals surface area contributed by atoms with E-state index in [2.05, 4.69) is 4.72 Å². The Morgan fingerprint density at radius 2 is 2.00 bits per heavy atom. The van der Waals surface area contributed by atoms with Gasteiger partial charge in [0, 0.05) is 6.54 Å². The molecule has 1 aliphatic rings. The Morgan fingerprint density at radius 3 is 2.61 bits per heavy atom. The molecule has 4 nitrogen and oxygen atoms in total. The van der Waals surface area contributed by atoms with Crippen LogP contribution in [-0.2, 0) is 10.0 Å². The summed E-state index contributed by atoms with van der Waals surface area (Å²) in [6.07, 6.45) is 4.59. The van der Waals surface area contributed by atoms with E-state index in [9.17, 15) is 8.42 Å². The SMILES string of the molecule is Nc1ccc(S(=O)(=O)NCC2CCCC2)cc1Cl. The average molecular weight is 289 g/mol. The van der Waals surface area contributed by atoms with Gasteiger partial charge in [0.25, 0.3) is 0 Å². The fraction of sp³-hybridized carbons (Fsp3) is 0.500. The predicted octanol–water partition coefficient (Wildman–Crippen LogP) is 2.39. The van der Waals surface area contributed by atoms with Crippen LogP contribution in [0.4, 0.5) is 5.69 Å². The van der Waals surface area contributed by atoms with Crippen molar-refractivity contribution in [2.24, 2.45) is 5.92 Å². The van der Waals surface area contributed by atoms with Gasteiger partial charge in [-0.3, -0.25) is 0 Å². The molecule has 0 bridgehead atoms. The van der Waals surface area contributed by atoms with E-state index < -0.39 is 10.0 Å². The number of nitrogen functional groups attached to an aromatic ring is 1. The van der Waals surface area contributed by atoms with E-state index in [-0.39, 0.29) is 9.92 Å². The summed E-state index contributed by atoms with van der Waals surface area (Å²) in [5.41, 5.74) is 5.94. The van der Waals surface area contributed by atoms with E-state index in [0.717, 1.165) is 12.8 Å². The largest absolute Gasteiger partial charge is 0.398 e. The minimum absolute atomic E-state index is 0.166. The van der Waals surface area contributed by atoms with Crippen LogP contribution in [-0.4, -0.2) is 15.0 Å².